The SMILES string of the molecule is COC(=O)c1nc(C)n(-c2ccc(Br)cn2)c1N. The fourth-order valence-corrected chi connectivity index (χ4v) is 1.82. The molecular formula is C11H11BrN4O2. The lowest BCUT2D eigenvalue weighted by Gasteiger charge is -2.06. The lowest BCUT2D eigenvalue weighted by atomic mass is 10.4. The second-order valence-corrected chi connectivity index (χ2v) is 4.47. The molecule has 0 bridgehead atoms. The van der Waals surface area contributed by atoms with Gasteiger partial charge in [-0.2, -0.15) is 0 Å². The molecule has 0 atom stereocenters. The first-order valence-corrected chi connectivity index (χ1v) is 5.89. The number of nitrogens with zero attached hydrogens (tertiary/aromatic N) is 3. The summed E-state index contributed by atoms with van der Waals surface area (Å²) >= 11 is 3.30. The Labute approximate surface area is 112 Å². The van der Waals surface area contributed by atoms with Gasteiger partial charge in [0.1, 0.15) is 17.5 Å². The van der Waals surface area contributed by atoms with Crippen LogP contribution >= 0.6 is 15.9 Å². The number of hydrogen-bond donors (Lipinski definition) is 1. The van der Waals surface area contributed by atoms with Crippen LogP contribution in [0.2, 0.25) is 0 Å². The van der Waals surface area contributed by atoms with Crippen molar-refractivity contribution in [3.05, 3.63) is 34.3 Å². The quantitative estimate of drug-likeness (QED) is 0.854. The molecule has 0 amide bonds. The molecule has 2 heterocycles. The minimum atomic E-state index is -0.563. The lowest BCUT2D eigenvalue weighted by molar-refractivity contribution is 0.0596. The van der Waals surface area contributed by atoms with Gasteiger partial charge in [0.05, 0.1) is 7.11 Å². The fraction of sp³-hybridized carbons (Fsp3) is 0.182. The molecule has 7 heteroatoms. The van der Waals surface area contributed by atoms with Gasteiger partial charge in [-0.25, -0.2) is 14.8 Å². The highest BCUT2D eigenvalue weighted by Crippen LogP contribution is 2.20. The molecule has 0 radical (unpaired) electrons. The Balaban J connectivity index is 2.55. The van der Waals surface area contributed by atoms with Crippen LogP contribution in [0.25, 0.3) is 5.82 Å². The van der Waals surface area contributed by atoms with Gasteiger partial charge in [-0.1, -0.05) is 0 Å². The van der Waals surface area contributed by atoms with Crippen molar-refractivity contribution in [2.24, 2.45) is 0 Å². The van der Waals surface area contributed by atoms with Crippen LogP contribution in [0.3, 0.4) is 0 Å². The van der Waals surface area contributed by atoms with Crippen LogP contribution in [0.5, 0.6) is 0 Å². The molecule has 0 spiro atoms. The van der Waals surface area contributed by atoms with E-state index in [1.807, 2.05) is 6.07 Å². The van der Waals surface area contributed by atoms with E-state index < -0.39 is 5.97 Å². The number of rotatable bonds is 2. The van der Waals surface area contributed by atoms with Crippen LogP contribution in [0.4, 0.5) is 5.82 Å². The normalized spacial score (nSPS) is 10.4. The third kappa shape index (κ3) is 2.08. The van der Waals surface area contributed by atoms with Crippen LogP contribution in [-0.4, -0.2) is 27.6 Å². The van der Waals surface area contributed by atoms with Crippen molar-refractivity contribution in [3.8, 4) is 5.82 Å². The Bertz CT molecular complexity index is 592. The zero-order chi connectivity index (χ0) is 13.3. The number of nitrogen functional groups attached to an aromatic ring is 1. The summed E-state index contributed by atoms with van der Waals surface area (Å²) < 4.78 is 7.07. The largest absolute Gasteiger partial charge is 0.464 e. The first kappa shape index (κ1) is 12.6. The summed E-state index contributed by atoms with van der Waals surface area (Å²) in [6.07, 6.45) is 1.64. The van der Waals surface area contributed by atoms with E-state index >= 15 is 0 Å². The molecule has 94 valence electrons. The summed E-state index contributed by atoms with van der Waals surface area (Å²) in [6, 6.07) is 3.61. The molecule has 0 saturated heterocycles. The van der Waals surface area contributed by atoms with Gasteiger partial charge in [0.2, 0.25) is 0 Å². The number of aromatic nitrogens is 3. The number of hydrogen-bond acceptors (Lipinski definition) is 5. The minimum Gasteiger partial charge on any atom is -0.464 e. The summed E-state index contributed by atoms with van der Waals surface area (Å²) in [7, 11) is 1.29. The predicted octanol–water partition coefficient (Wildman–Crippen LogP) is 1.71. The number of halogens is 1. The van der Waals surface area contributed by atoms with E-state index in [0.717, 1.165) is 4.47 Å². The van der Waals surface area contributed by atoms with Gasteiger partial charge in [0, 0.05) is 10.7 Å². The van der Waals surface area contributed by atoms with E-state index in [-0.39, 0.29) is 11.5 Å². The minimum absolute atomic E-state index is 0.0970. The lowest BCUT2D eigenvalue weighted by Crippen LogP contribution is -2.08. The van der Waals surface area contributed by atoms with E-state index in [1.54, 1.807) is 23.8 Å². The van der Waals surface area contributed by atoms with Crippen molar-refractivity contribution < 1.29 is 9.53 Å². The van der Waals surface area contributed by atoms with Crippen molar-refractivity contribution in [2.45, 2.75) is 6.92 Å². The van der Waals surface area contributed by atoms with E-state index in [1.165, 1.54) is 7.11 Å². The molecule has 0 fully saturated rings. The molecule has 2 aromatic rings. The highest BCUT2D eigenvalue weighted by Gasteiger charge is 2.20. The van der Waals surface area contributed by atoms with Crippen molar-refractivity contribution in [1.29, 1.82) is 0 Å². The summed E-state index contributed by atoms with van der Waals surface area (Å²) in [5, 5.41) is 0. The molecule has 0 aliphatic rings. The van der Waals surface area contributed by atoms with Crippen molar-refractivity contribution in [1.82, 2.24) is 14.5 Å². The molecule has 0 aliphatic carbocycles. The molecule has 2 aromatic heterocycles. The Kier molecular flexibility index (Phi) is 3.33. The van der Waals surface area contributed by atoms with Gasteiger partial charge in [-0.05, 0) is 35.0 Å². The molecule has 0 aromatic carbocycles. The number of imidazole rings is 1. The molecule has 2 rings (SSSR count). The van der Waals surface area contributed by atoms with Crippen LogP contribution in [0, 0.1) is 6.92 Å². The molecular weight excluding hydrogens is 300 g/mol. The standard InChI is InChI=1S/C11H11BrN4O2/c1-6-15-9(11(17)18-2)10(13)16(6)8-4-3-7(12)5-14-8/h3-5H,13H2,1-2H3. The Morgan fingerprint density at radius 3 is 2.78 bits per heavy atom. The first-order valence-electron chi connectivity index (χ1n) is 5.09. The smallest absolute Gasteiger partial charge is 0.360 e. The second kappa shape index (κ2) is 4.77. The van der Waals surface area contributed by atoms with Gasteiger partial charge in [0.25, 0.3) is 0 Å². The monoisotopic (exact) mass is 310 g/mol. The highest BCUT2D eigenvalue weighted by atomic mass is 79.9. The van der Waals surface area contributed by atoms with Crippen LogP contribution < -0.4 is 5.73 Å². The van der Waals surface area contributed by atoms with E-state index in [4.69, 9.17) is 5.73 Å². The van der Waals surface area contributed by atoms with Crippen LogP contribution in [0.15, 0.2) is 22.8 Å². The predicted molar refractivity (Wildman–Crippen MR) is 69.5 cm³/mol. The van der Waals surface area contributed by atoms with E-state index in [0.29, 0.717) is 11.6 Å². The zero-order valence-electron chi connectivity index (χ0n) is 9.85. The Morgan fingerprint density at radius 1 is 1.50 bits per heavy atom. The summed E-state index contributed by atoms with van der Waals surface area (Å²) in [6.45, 7) is 1.74. The maximum atomic E-state index is 11.5. The number of anilines is 1. The van der Waals surface area contributed by atoms with E-state index in [2.05, 4.69) is 30.6 Å². The number of nitrogens with two attached hydrogens (primary N) is 1. The van der Waals surface area contributed by atoms with Gasteiger partial charge in [0.15, 0.2) is 5.69 Å². The first-order chi connectivity index (χ1) is 8.54. The van der Waals surface area contributed by atoms with Gasteiger partial charge in [-0.15, -0.1) is 0 Å². The van der Waals surface area contributed by atoms with E-state index in [9.17, 15) is 4.79 Å². The molecule has 18 heavy (non-hydrogen) atoms. The van der Waals surface area contributed by atoms with Gasteiger partial charge >= 0.3 is 5.97 Å². The molecule has 0 saturated carbocycles. The van der Waals surface area contributed by atoms with Gasteiger partial charge in [-0.3, -0.25) is 4.57 Å². The summed E-state index contributed by atoms with van der Waals surface area (Å²) in [5.41, 5.74) is 6.00. The average molecular weight is 311 g/mol. The number of carbonyl (C=O) groups is 1. The third-order valence-corrected chi connectivity index (χ3v) is 2.87. The maximum Gasteiger partial charge on any atom is 0.360 e. The third-order valence-electron chi connectivity index (χ3n) is 2.40. The molecule has 2 N–H and O–H groups in total. The number of esters is 1. The van der Waals surface area contributed by atoms with Crippen molar-refractivity contribution in [3.63, 3.8) is 0 Å². The zero-order valence-corrected chi connectivity index (χ0v) is 11.4. The molecule has 0 aliphatic heterocycles. The number of methoxy groups -OCH3 is 1. The molecule has 6 nitrogen and oxygen atoms in total. The fourth-order valence-electron chi connectivity index (χ4n) is 1.59. The Hall–Kier alpha value is -1.89. The second-order valence-electron chi connectivity index (χ2n) is 3.55. The highest BCUT2D eigenvalue weighted by molar-refractivity contribution is 9.10. The molecule has 0 unspecified atom stereocenters. The van der Waals surface area contributed by atoms with Crippen molar-refractivity contribution >= 4 is 27.7 Å². The number of carbonyl (C=O) groups excluding carboxylic acids is 1. The Morgan fingerprint density at radius 2 is 2.22 bits per heavy atom. The summed E-state index contributed by atoms with van der Waals surface area (Å²) in [4.78, 5) is 19.8. The average Bonchev–Trinajstić information content (AvgIpc) is 2.65. The van der Waals surface area contributed by atoms with Crippen LogP contribution in [0.1, 0.15) is 16.3 Å². The number of pyridine rings is 1. The number of aryl methyl sites for hydroxylation is 1. The van der Waals surface area contributed by atoms with Crippen molar-refractivity contribution in [2.75, 3.05) is 12.8 Å². The number of ether oxygens (including phenoxy) is 1. The maximum absolute atomic E-state index is 11.5. The van der Waals surface area contributed by atoms with Gasteiger partial charge < -0.3 is 10.5 Å². The topological polar surface area (TPSA) is 83.0 Å². The van der Waals surface area contributed by atoms with Crippen LogP contribution in [-0.2, 0) is 4.74 Å². The summed E-state index contributed by atoms with van der Waals surface area (Å²) in [5.74, 6) is 0.819.